The average molecular weight is 299 g/mol. The van der Waals surface area contributed by atoms with Crippen LogP contribution in [0.1, 0.15) is 70.3 Å². The molecule has 0 saturated heterocycles. The monoisotopic (exact) mass is 299 g/mol. The van der Waals surface area contributed by atoms with Crippen LogP contribution >= 0.6 is 0 Å². The zero-order valence-electron chi connectivity index (χ0n) is 14.1. The van der Waals surface area contributed by atoms with E-state index in [1.807, 2.05) is 12.1 Å². The van der Waals surface area contributed by atoms with E-state index in [0.29, 0.717) is 0 Å². The van der Waals surface area contributed by atoms with Crippen LogP contribution in [0.4, 0.5) is 0 Å². The van der Waals surface area contributed by atoms with Crippen molar-refractivity contribution in [2.45, 2.75) is 70.1 Å². The van der Waals surface area contributed by atoms with Crippen molar-refractivity contribution in [3.05, 3.63) is 29.8 Å². The van der Waals surface area contributed by atoms with Gasteiger partial charge in [-0.25, -0.2) is 0 Å². The Kier molecular flexibility index (Phi) is 6.31. The van der Waals surface area contributed by atoms with Gasteiger partial charge in [-0.2, -0.15) is 5.26 Å². The molecule has 1 aliphatic rings. The summed E-state index contributed by atoms with van der Waals surface area (Å²) in [6, 6.07) is 10.7. The predicted octanol–water partition coefficient (Wildman–Crippen LogP) is 5.62. The van der Waals surface area contributed by atoms with Crippen LogP contribution in [0.2, 0.25) is 0 Å². The van der Waals surface area contributed by atoms with E-state index in [4.69, 9.17) is 4.74 Å². The van der Waals surface area contributed by atoms with E-state index in [2.05, 4.69) is 25.1 Å². The van der Waals surface area contributed by atoms with E-state index in [9.17, 15) is 5.26 Å². The van der Waals surface area contributed by atoms with Gasteiger partial charge in [-0.15, -0.1) is 0 Å². The van der Waals surface area contributed by atoms with Crippen LogP contribution in [0.3, 0.4) is 0 Å². The molecule has 2 heteroatoms. The third-order valence-electron chi connectivity index (χ3n) is 5.28. The van der Waals surface area contributed by atoms with Crippen molar-refractivity contribution in [3.63, 3.8) is 0 Å². The molecule has 0 aromatic heterocycles. The van der Waals surface area contributed by atoms with E-state index in [1.54, 1.807) is 7.11 Å². The number of rotatable bonds is 7. The lowest BCUT2D eigenvalue weighted by Crippen LogP contribution is -2.30. The zero-order valence-corrected chi connectivity index (χ0v) is 14.1. The number of hydrogen-bond donors (Lipinski definition) is 0. The third-order valence-corrected chi connectivity index (χ3v) is 5.28. The Morgan fingerprint density at radius 2 is 1.82 bits per heavy atom. The van der Waals surface area contributed by atoms with Crippen LogP contribution in [0.25, 0.3) is 0 Å². The van der Waals surface area contributed by atoms with Crippen LogP contribution < -0.4 is 4.74 Å². The van der Waals surface area contributed by atoms with Crippen molar-refractivity contribution in [3.8, 4) is 11.8 Å². The summed E-state index contributed by atoms with van der Waals surface area (Å²) in [7, 11) is 1.68. The lowest BCUT2D eigenvalue weighted by atomic mass is 9.67. The summed E-state index contributed by atoms with van der Waals surface area (Å²) in [4.78, 5) is 0. The second-order valence-electron chi connectivity index (χ2n) is 6.72. The van der Waals surface area contributed by atoms with E-state index < -0.39 is 0 Å². The number of benzene rings is 1. The fourth-order valence-corrected chi connectivity index (χ4v) is 3.69. The molecule has 1 aliphatic carbocycles. The highest BCUT2D eigenvalue weighted by Gasteiger charge is 2.36. The zero-order chi connectivity index (χ0) is 15.8. The molecule has 1 aromatic carbocycles. The first kappa shape index (κ1) is 16.9. The Bertz CT molecular complexity index is 477. The summed E-state index contributed by atoms with van der Waals surface area (Å²) < 4.78 is 5.22. The third kappa shape index (κ3) is 4.03. The van der Waals surface area contributed by atoms with Crippen LogP contribution in [0.5, 0.6) is 5.75 Å². The highest BCUT2D eigenvalue weighted by molar-refractivity contribution is 5.37. The van der Waals surface area contributed by atoms with Gasteiger partial charge in [0.1, 0.15) is 5.75 Å². The van der Waals surface area contributed by atoms with Crippen molar-refractivity contribution >= 4 is 0 Å². The minimum Gasteiger partial charge on any atom is -0.497 e. The number of hydrogen-bond acceptors (Lipinski definition) is 2. The summed E-state index contributed by atoms with van der Waals surface area (Å²) >= 11 is 0. The van der Waals surface area contributed by atoms with Crippen LogP contribution in [0.15, 0.2) is 24.3 Å². The van der Waals surface area contributed by atoms with Gasteiger partial charge in [0.25, 0.3) is 0 Å². The molecule has 0 aliphatic heterocycles. The maximum absolute atomic E-state index is 9.77. The van der Waals surface area contributed by atoms with Crippen LogP contribution in [-0.4, -0.2) is 7.11 Å². The first-order valence-electron chi connectivity index (χ1n) is 8.80. The number of ether oxygens (including phenoxy) is 1. The van der Waals surface area contributed by atoms with Gasteiger partial charge in [0.05, 0.1) is 18.6 Å². The molecular formula is C20H29NO. The Labute approximate surface area is 135 Å². The number of unbranched alkanes of at least 4 members (excludes halogenated alkanes) is 3. The molecule has 120 valence electrons. The molecule has 2 nitrogen and oxygen atoms in total. The molecule has 2 rings (SSSR count). The van der Waals surface area contributed by atoms with Gasteiger partial charge in [-0.1, -0.05) is 51.2 Å². The maximum atomic E-state index is 9.77. The minimum atomic E-state index is -0.272. The largest absolute Gasteiger partial charge is 0.497 e. The Morgan fingerprint density at radius 3 is 2.36 bits per heavy atom. The minimum absolute atomic E-state index is 0.272. The Morgan fingerprint density at radius 1 is 1.14 bits per heavy atom. The molecule has 0 amide bonds. The summed E-state index contributed by atoms with van der Waals surface area (Å²) in [5.41, 5.74) is 0.895. The fraction of sp³-hybridized carbons (Fsp3) is 0.650. The van der Waals surface area contributed by atoms with Crippen molar-refractivity contribution in [2.75, 3.05) is 7.11 Å². The summed E-state index contributed by atoms with van der Waals surface area (Å²) in [5.74, 6) is 1.69. The topological polar surface area (TPSA) is 33.0 Å². The SMILES string of the molecule is CCCCCCC1CCC(C#N)(c2ccc(OC)cc2)CC1. The number of methoxy groups -OCH3 is 1. The molecule has 1 saturated carbocycles. The standard InChI is InChI=1S/C20H29NO/c1-3-4-5-6-7-17-12-14-20(16-21,15-13-17)18-8-10-19(22-2)11-9-18/h8-11,17H,3-7,12-15H2,1-2H3. The molecule has 0 N–H and O–H groups in total. The Hall–Kier alpha value is -1.49. The van der Waals surface area contributed by atoms with E-state index >= 15 is 0 Å². The molecule has 1 aromatic rings. The summed E-state index contributed by atoms with van der Waals surface area (Å²) in [6.07, 6.45) is 11.2. The fourth-order valence-electron chi connectivity index (χ4n) is 3.69. The van der Waals surface area contributed by atoms with Crippen LogP contribution in [-0.2, 0) is 5.41 Å². The number of nitrogens with zero attached hydrogens (tertiary/aromatic N) is 1. The number of nitriles is 1. The molecular weight excluding hydrogens is 270 g/mol. The lowest BCUT2D eigenvalue weighted by molar-refractivity contribution is 0.261. The molecule has 0 bridgehead atoms. The van der Waals surface area contributed by atoms with Crippen molar-refractivity contribution < 1.29 is 4.74 Å². The van der Waals surface area contributed by atoms with Crippen molar-refractivity contribution in [2.24, 2.45) is 5.92 Å². The molecule has 22 heavy (non-hydrogen) atoms. The summed E-state index contributed by atoms with van der Waals surface area (Å²) in [5, 5.41) is 9.77. The van der Waals surface area contributed by atoms with Gasteiger partial charge in [0.15, 0.2) is 0 Å². The first-order chi connectivity index (χ1) is 10.7. The highest BCUT2D eigenvalue weighted by Crippen LogP contribution is 2.42. The second kappa shape index (κ2) is 8.22. The highest BCUT2D eigenvalue weighted by atomic mass is 16.5. The Balaban J connectivity index is 1.92. The average Bonchev–Trinajstić information content (AvgIpc) is 2.59. The van der Waals surface area contributed by atoms with Gasteiger partial charge in [-0.3, -0.25) is 0 Å². The molecule has 1 fully saturated rings. The van der Waals surface area contributed by atoms with Crippen molar-refractivity contribution in [1.82, 2.24) is 0 Å². The van der Waals surface area contributed by atoms with Gasteiger partial charge < -0.3 is 4.74 Å². The molecule has 0 unspecified atom stereocenters. The molecule has 0 atom stereocenters. The smallest absolute Gasteiger partial charge is 0.118 e. The predicted molar refractivity (Wildman–Crippen MR) is 91.0 cm³/mol. The van der Waals surface area contributed by atoms with E-state index in [1.165, 1.54) is 50.5 Å². The van der Waals surface area contributed by atoms with Gasteiger partial charge in [-0.05, 0) is 49.3 Å². The first-order valence-corrected chi connectivity index (χ1v) is 8.80. The van der Waals surface area contributed by atoms with Crippen LogP contribution in [0, 0.1) is 17.2 Å². The van der Waals surface area contributed by atoms with Gasteiger partial charge in [0.2, 0.25) is 0 Å². The molecule has 0 spiro atoms. The quantitative estimate of drug-likeness (QED) is 0.612. The normalized spacial score (nSPS) is 24.7. The maximum Gasteiger partial charge on any atom is 0.118 e. The van der Waals surface area contributed by atoms with Crippen molar-refractivity contribution in [1.29, 1.82) is 5.26 Å². The molecule has 0 radical (unpaired) electrons. The summed E-state index contributed by atoms with van der Waals surface area (Å²) in [6.45, 7) is 2.26. The van der Waals surface area contributed by atoms with Gasteiger partial charge >= 0.3 is 0 Å². The second-order valence-corrected chi connectivity index (χ2v) is 6.72. The van der Waals surface area contributed by atoms with E-state index in [-0.39, 0.29) is 5.41 Å². The lowest BCUT2D eigenvalue weighted by Gasteiger charge is -2.35. The van der Waals surface area contributed by atoms with E-state index in [0.717, 1.165) is 24.5 Å². The molecule has 0 heterocycles. The van der Waals surface area contributed by atoms with Gasteiger partial charge in [0, 0.05) is 0 Å².